The largest absolute Gasteiger partial charge is 0.476 e. The van der Waals surface area contributed by atoms with Gasteiger partial charge in [-0.05, 0) is 18.2 Å². The van der Waals surface area contributed by atoms with Crippen LogP contribution in [0.3, 0.4) is 0 Å². The molecule has 3 aromatic rings. The number of aromatic nitrogens is 5. The van der Waals surface area contributed by atoms with Gasteiger partial charge < -0.3 is 5.11 Å². The first-order valence-corrected chi connectivity index (χ1v) is 5.11. The second-order valence-electron chi connectivity index (χ2n) is 3.57. The Kier molecular flexibility index (Phi) is 2.23. The fourth-order valence-corrected chi connectivity index (χ4v) is 1.65. The second-order valence-corrected chi connectivity index (χ2v) is 3.57. The van der Waals surface area contributed by atoms with Crippen LogP contribution in [0.5, 0.6) is 0 Å². The molecule has 1 N–H and O–H groups in total. The highest BCUT2D eigenvalue weighted by Crippen LogP contribution is 2.15. The van der Waals surface area contributed by atoms with E-state index in [9.17, 15) is 4.79 Å². The number of aromatic carboxylic acids is 1. The number of carboxylic acids is 1. The third-order valence-electron chi connectivity index (χ3n) is 2.47. The molecule has 7 heteroatoms. The first-order chi connectivity index (χ1) is 8.75. The summed E-state index contributed by atoms with van der Waals surface area (Å²) in [7, 11) is 0. The van der Waals surface area contributed by atoms with Crippen molar-refractivity contribution in [3.05, 3.63) is 42.5 Å². The zero-order chi connectivity index (χ0) is 12.5. The maximum Gasteiger partial charge on any atom is 0.356 e. The second kappa shape index (κ2) is 3.88. The van der Waals surface area contributed by atoms with E-state index in [-0.39, 0.29) is 5.69 Å². The van der Waals surface area contributed by atoms with Crippen LogP contribution in [0, 0.1) is 0 Å². The molecule has 0 fully saturated rings. The van der Waals surface area contributed by atoms with Gasteiger partial charge in [-0.2, -0.15) is 0 Å². The summed E-state index contributed by atoms with van der Waals surface area (Å²) in [5, 5.41) is 16.3. The molecule has 0 aliphatic rings. The molecule has 0 atom stereocenters. The number of nitrogens with zero attached hydrogens (tertiary/aromatic N) is 5. The Bertz CT molecular complexity index is 737. The quantitative estimate of drug-likeness (QED) is 0.716. The van der Waals surface area contributed by atoms with Gasteiger partial charge >= 0.3 is 5.97 Å². The van der Waals surface area contributed by atoms with Gasteiger partial charge in [0.15, 0.2) is 5.69 Å². The van der Waals surface area contributed by atoms with E-state index in [1.165, 1.54) is 10.9 Å². The Morgan fingerprint density at radius 1 is 1.17 bits per heavy atom. The summed E-state index contributed by atoms with van der Waals surface area (Å²) in [5.74, 6) is -1.08. The van der Waals surface area contributed by atoms with Gasteiger partial charge in [-0.3, -0.25) is 9.97 Å². The van der Waals surface area contributed by atoms with Crippen LogP contribution in [0.4, 0.5) is 0 Å². The Morgan fingerprint density at radius 3 is 2.72 bits per heavy atom. The molecule has 0 saturated heterocycles. The van der Waals surface area contributed by atoms with E-state index < -0.39 is 5.97 Å². The smallest absolute Gasteiger partial charge is 0.356 e. The highest BCUT2D eigenvalue weighted by atomic mass is 16.4. The van der Waals surface area contributed by atoms with Crippen molar-refractivity contribution in [2.45, 2.75) is 0 Å². The first kappa shape index (κ1) is 10.3. The van der Waals surface area contributed by atoms with E-state index in [1.54, 1.807) is 30.6 Å². The van der Waals surface area contributed by atoms with Gasteiger partial charge in [-0.25, -0.2) is 9.48 Å². The normalized spacial score (nSPS) is 10.7. The van der Waals surface area contributed by atoms with Crippen LogP contribution in [-0.4, -0.2) is 36.0 Å². The topological polar surface area (TPSA) is 93.8 Å². The van der Waals surface area contributed by atoms with Crippen LogP contribution < -0.4 is 0 Å². The molecule has 2 aromatic heterocycles. The van der Waals surface area contributed by atoms with E-state index in [1.807, 2.05) is 0 Å². The van der Waals surface area contributed by atoms with Crippen LogP contribution >= 0.6 is 0 Å². The van der Waals surface area contributed by atoms with Crippen molar-refractivity contribution in [1.29, 1.82) is 0 Å². The fourth-order valence-electron chi connectivity index (χ4n) is 1.65. The highest BCUT2D eigenvalue weighted by Gasteiger charge is 2.13. The summed E-state index contributed by atoms with van der Waals surface area (Å²) in [4.78, 5) is 19.3. The van der Waals surface area contributed by atoms with E-state index >= 15 is 0 Å². The summed E-state index contributed by atoms with van der Waals surface area (Å²) in [6, 6.07) is 5.19. The lowest BCUT2D eigenvalue weighted by Gasteiger charge is -2.03. The molecule has 0 aliphatic carbocycles. The number of rotatable bonds is 2. The Hall–Kier alpha value is -2.83. The summed E-state index contributed by atoms with van der Waals surface area (Å²) in [5.41, 5.74) is 1.98. The lowest BCUT2D eigenvalue weighted by Crippen LogP contribution is -2.07. The number of carbonyl (C=O) groups is 1. The summed E-state index contributed by atoms with van der Waals surface area (Å²) in [6.07, 6.45) is 4.37. The minimum Gasteiger partial charge on any atom is -0.476 e. The van der Waals surface area contributed by atoms with Crippen molar-refractivity contribution < 1.29 is 9.90 Å². The average Bonchev–Trinajstić information content (AvgIpc) is 2.87. The zero-order valence-corrected chi connectivity index (χ0v) is 9.06. The van der Waals surface area contributed by atoms with E-state index in [4.69, 9.17) is 5.11 Å². The molecule has 0 amide bonds. The number of carboxylic acid groups (broad SMARTS) is 1. The third kappa shape index (κ3) is 1.58. The van der Waals surface area contributed by atoms with Gasteiger partial charge in [-0.1, -0.05) is 5.21 Å². The zero-order valence-electron chi connectivity index (χ0n) is 9.06. The van der Waals surface area contributed by atoms with Crippen molar-refractivity contribution >= 4 is 17.0 Å². The standard InChI is InChI=1S/C11H7N5O2/c17-11(18)10-6-14-15-16(10)7-1-2-8-9(5-7)13-4-3-12-8/h1-6H,(H,17,18). The molecule has 3 rings (SSSR count). The maximum atomic E-state index is 11.0. The van der Waals surface area contributed by atoms with Crippen molar-refractivity contribution in [1.82, 2.24) is 25.0 Å². The molecule has 18 heavy (non-hydrogen) atoms. The van der Waals surface area contributed by atoms with Crippen LogP contribution in [-0.2, 0) is 0 Å². The molecule has 0 bridgehead atoms. The Balaban J connectivity index is 2.19. The van der Waals surface area contributed by atoms with Gasteiger partial charge in [-0.15, -0.1) is 5.10 Å². The fraction of sp³-hybridized carbons (Fsp3) is 0. The minimum atomic E-state index is -1.08. The monoisotopic (exact) mass is 241 g/mol. The first-order valence-electron chi connectivity index (χ1n) is 5.11. The summed E-state index contributed by atoms with van der Waals surface area (Å²) < 4.78 is 1.25. The average molecular weight is 241 g/mol. The molecule has 2 heterocycles. The lowest BCUT2D eigenvalue weighted by molar-refractivity contribution is 0.0687. The lowest BCUT2D eigenvalue weighted by atomic mass is 10.2. The predicted octanol–water partition coefficient (Wildman–Crippen LogP) is 0.909. The molecule has 7 nitrogen and oxygen atoms in total. The Morgan fingerprint density at radius 2 is 1.94 bits per heavy atom. The van der Waals surface area contributed by atoms with Gasteiger partial charge in [0.25, 0.3) is 0 Å². The molecule has 0 radical (unpaired) electrons. The van der Waals surface area contributed by atoms with Crippen LogP contribution in [0.25, 0.3) is 16.7 Å². The summed E-state index contributed by atoms with van der Waals surface area (Å²) in [6.45, 7) is 0. The molecule has 0 spiro atoms. The minimum absolute atomic E-state index is 0.00163. The van der Waals surface area contributed by atoms with Crippen LogP contribution in [0.1, 0.15) is 10.5 Å². The number of hydrogen-bond acceptors (Lipinski definition) is 5. The molecule has 0 saturated carbocycles. The summed E-state index contributed by atoms with van der Waals surface area (Å²) >= 11 is 0. The van der Waals surface area contributed by atoms with Crippen LogP contribution in [0.15, 0.2) is 36.8 Å². The van der Waals surface area contributed by atoms with E-state index in [2.05, 4.69) is 20.3 Å². The third-order valence-corrected chi connectivity index (χ3v) is 2.47. The molecule has 0 unspecified atom stereocenters. The molecule has 1 aromatic carbocycles. The maximum absolute atomic E-state index is 11.0. The number of fused-ring (bicyclic) bond motifs is 1. The predicted molar refractivity (Wildman–Crippen MR) is 61.4 cm³/mol. The SMILES string of the molecule is O=C(O)c1cnnn1-c1ccc2nccnc2c1. The molecule has 88 valence electrons. The van der Waals surface area contributed by atoms with Crippen molar-refractivity contribution in [2.24, 2.45) is 0 Å². The number of hydrogen-bond donors (Lipinski definition) is 1. The highest BCUT2D eigenvalue weighted by molar-refractivity contribution is 5.86. The Labute approximate surface area is 101 Å². The van der Waals surface area contributed by atoms with Gasteiger partial charge in [0.1, 0.15) is 0 Å². The van der Waals surface area contributed by atoms with E-state index in [0.29, 0.717) is 11.2 Å². The van der Waals surface area contributed by atoms with Gasteiger partial charge in [0.05, 0.1) is 22.9 Å². The number of benzene rings is 1. The van der Waals surface area contributed by atoms with Crippen molar-refractivity contribution in [3.63, 3.8) is 0 Å². The van der Waals surface area contributed by atoms with Crippen molar-refractivity contribution in [2.75, 3.05) is 0 Å². The molecular weight excluding hydrogens is 234 g/mol. The molecule has 0 aliphatic heterocycles. The van der Waals surface area contributed by atoms with Crippen molar-refractivity contribution in [3.8, 4) is 5.69 Å². The van der Waals surface area contributed by atoms with Crippen LogP contribution in [0.2, 0.25) is 0 Å². The van der Waals surface area contributed by atoms with Gasteiger partial charge in [0, 0.05) is 12.4 Å². The molecular formula is C11H7N5O2. The van der Waals surface area contributed by atoms with Gasteiger partial charge in [0.2, 0.25) is 0 Å². The van der Waals surface area contributed by atoms with E-state index in [0.717, 1.165) is 5.52 Å².